The van der Waals surface area contributed by atoms with Crippen LogP contribution in [0.2, 0.25) is 0 Å². The van der Waals surface area contributed by atoms with Crippen LogP contribution in [0.15, 0.2) is 42.5 Å². The fourth-order valence-corrected chi connectivity index (χ4v) is 3.56. The lowest BCUT2D eigenvalue weighted by Gasteiger charge is -2.22. The second-order valence-corrected chi connectivity index (χ2v) is 6.71. The van der Waals surface area contributed by atoms with Crippen LogP contribution in [0.3, 0.4) is 0 Å². The molecule has 2 heterocycles. The van der Waals surface area contributed by atoms with Crippen LogP contribution in [-0.2, 0) is 0 Å². The lowest BCUT2D eigenvalue weighted by Crippen LogP contribution is -2.24. The number of nitrogens with zero attached hydrogens (tertiary/aromatic N) is 2. The predicted molar refractivity (Wildman–Crippen MR) is 102 cm³/mol. The zero-order chi connectivity index (χ0) is 19.1. The van der Waals surface area contributed by atoms with E-state index in [1.807, 2.05) is 44.2 Å². The summed E-state index contributed by atoms with van der Waals surface area (Å²) in [5.74, 6) is 0.385. The van der Waals surface area contributed by atoms with E-state index in [9.17, 15) is 9.90 Å². The number of phenols is 1. The fraction of sp³-hybridized carbons (Fsp3) is 0.238. The molecule has 138 valence electrons. The Morgan fingerprint density at radius 3 is 2.67 bits per heavy atom. The first-order chi connectivity index (χ1) is 13.0. The lowest BCUT2D eigenvalue weighted by atomic mass is 9.95. The van der Waals surface area contributed by atoms with Crippen LogP contribution < -0.4 is 4.74 Å². The number of aromatic hydroxyl groups is 1. The highest BCUT2D eigenvalue weighted by molar-refractivity contribution is 6.00. The Kier molecular flexibility index (Phi) is 4.11. The maximum atomic E-state index is 12.7. The van der Waals surface area contributed by atoms with Gasteiger partial charge < -0.3 is 14.7 Å². The van der Waals surface area contributed by atoms with Gasteiger partial charge in [0.25, 0.3) is 5.91 Å². The second-order valence-electron chi connectivity index (χ2n) is 6.71. The number of carbonyl (C=O) groups is 1. The number of ether oxygens (including phenoxy) is 1. The number of H-pyrrole nitrogens is 1. The molecule has 0 unspecified atom stereocenters. The number of hydrogen-bond acceptors (Lipinski definition) is 4. The molecular formula is C21H21N3O3. The van der Waals surface area contributed by atoms with Crippen molar-refractivity contribution in [3.05, 3.63) is 64.8 Å². The van der Waals surface area contributed by atoms with E-state index >= 15 is 0 Å². The molecule has 6 nitrogen and oxygen atoms in total. The van der Waals surface area contributed by atoms with Crippen LogP contribution >= 0.6 is 0 Å². The lowest BCUT2D eigenvalue weighted by molar-refractivity contribution is 0.0787. The van der Waals surface area contributed by atoms with E-state index < -0.39 is 0 Å². The van der Waals surface area contributed by atoms with Crippen molar-refractivity contribution >= 4 is 5.91 Å². The molecule has 0 saturated carbocycles. The molecule has 0 spiro atoms. The maximum Gasteiger partial charge on any atom is 0.272 e. The Bertz CT molecular complexity index is 1010. The van der Waals surface area contributed by atoms with Gasteiger partial charge in [0.05, 0.1) is 18.3 Å². The number of carbonyl (C=O) groups excluding carboxylic acids is 1. The normalized spacial score (nSPS) is 15.9. The molecule has 2 N–H and O–H groups in total. The third kappa shape index (κ3) is 2.73. The van der Waals surface area contributed by atoms with Gasteiger partial charge in [-0.3, -0.25) is 9.89 Å². The van der Waals surface area contributed by atoms with Gasteiger partial charge in [-0.15, -0.1) is 0 Å². The van der Waals surface area contributed by atoms with Crippen LogP contribution in [-0.4, -0.2) is 39.8 Å². The zero-order valence-corrected chi connectivity index (χ0v) is 15.5. The minimum absolute atomic E-state index is 0.0822. The average Bonchev–Trinajstić information content (AvgIpc) is 3.18. The van der Waals surface area contributed by atoms with Crippen molar-refractivity contribution < 1.29 is 14.6 Å². The summed E-state index contributed by atoms with van der Waals surface area (Å²) in [5, 5.41) is 17.3. The third-order valence-electron chi connectivity index (χ3n) is 4.92. The summed E-state index contributed by atoms with van der Waals surface area (Å²) in [4.78, 5) is 14.4. The van der Waals surface area contributed by atoms with Crippen molar-refractivity contribution in [3.63, 3.8) is 0 Å². The summed E-state index contributed by atoms with van der Waals surface area (Å²) in [7, 11) is 1.77. The summed E-state index contributed by atoms with van der Waals surface area (Å²) in [6.07, 6.45) is 0. The molecule has 2 aromatic carbocycles. The van der Waals surface area contributed by atoms with Gasteiger partial charge in [-0.1, -0.05) is 35.9 Å². The van der Waals surface area contributed by atoms with Crippen molar-refractivity contribution in [1.82, 2.24) is 15.1 Å². The first-order valence-electron chi connectivity index (χ1n) is 8.89. The van der Waals surface area contributed by atoms with Crippen molar-refractivity contribution in [2.75, 3.05) is 13.7 Å². The van der Waals surface area contributed by atoms with Gasteiger partial charge >= 0.3 is 0 Å². The molecule has 0 saturated heterocycles. The standard InChI is InChI=1S/C21H21N3O3/c1-4-27-16-11-14(9-10-15(16)25)20-17-18(13-7-5-12(2)6-8-13)22-23-19(17)21(26)24(20)3/h5-11,20,25H,4H2,1-3H3,(H,22,23)/t20-/m1/s1. The fourth-order valence-electron chi connectivity index (χ4n) is 3.56. The van der Waals surface area contributed by atoms with E-state index in [-0.39, 0.29) is 17.7 Å². The summed E-state index contributed by atoms with van der Waals surface area (Å²) in [6, 6.07) is 13.0. The molecule has 1 atom stereocenters. The number of amides is 1. The summed E-state index contributed by atoms with van der Waals surface area (Å²) >= 11 is 0. The SMILES string of the molecule is CCOc1cc([C@@H]2c3c(-c4ccc(C)cc4)n[nH]c3C(=O)N2C)ccc1O. The van der Waals surface area contributed by atoms with Crippen LogP contribution in [0.1, 0.15) is 40.1 Å². The number of nitrogens with one attached hydrogen (secondary N) is 1. The first kappa shape index (κ1) is 17.1. The Labute approximate surface area is 157 Å². The number of aryl methyl sites for hydroxylation is 1. The van der Waals surface area contributed by atoms with Crippen molar-refractivity contribution in [2.24, 2.45) is 0 Å². The third-order valence-corrected chi connectivity index (χ3v) is 4.92. The topological polar surface area (TPSA) is 78.5 Å². The average molecular weight is 363 g/mol. The number of aromatic nitrogens is 2. The number of benzene rings is 2. The minimum Gasteiger partial charge on any atom is -0.504 e. The molecule has 6 heteroatoms. The Balaban J connectivity index is 1.85. The molecule has 1 aromatic heterocycles. The molecule has 3 aromatic rings. The minimum atomic E-state index is -0.303. The summed E-state index contributed by atoms with van der Waals surface area (Å²) in [5.41, 5.74) is 5.09. The second kappa shape index (κ2) is 6.46. The number of hydrogen-bond donors (Lipinski definition) is 2. The van der Waals surface area contributed by atoms with Crippen LogP contribution in [0, 0.1) is 6.92 Å². The van der Waals surface area contributed by atoms with E-state index in [1.165, 1.54) is 0 Å². The number of rotatable bonds is 4. The van der Waals surface area contributed by atoms with Gasteiger partial charge in [-0.2, -0.15) is 5.10 Å². The number of fused-ring (bicyclic) bond motifs is 1. The Morgan fingerprint density at radius 1 is 1.22 bits per heavy atom. The van der Waals surface area contributed by atoms with Crippen LogP contribution in [0.25, 0.3) is 11.3 Å². The van der Waals surface area contributed by atoms with Gasteiger partial charge in [-0.05, 0) is 31.5 Å². The quantitative estimate of drug-likeness (QED) is 0.741. The first-order valence-corrected chi connectivity index (χ1v) is 8.89. The molecule has 1 aliphatic rings. The van der Waals surface area contributed by atoms with E-state index in [4.69, 9.17) is 4.74 Å². The van der Waals surface area contributed by atoms with Gasteiger partial charge in [0.2, 0.25) is 0 Å². The van der Waals surface area contributed by atoms with E-state index in [2.05, 4.69) is 10.2 Å². The maximum absolute atomic E-state index is 12.7. The van der Waals surface area contributed by atoms with Gasteiger partial charge in [0, 0.05) is 18.2 Å². The van der Waals surface area contributed by atoms with Gasteiger partial charge in [0.1, 0.15) is 5.69 Å². The van der Waals surface area contributed by atoms with E-state index in [1.54, 1.807) is 24.1 Å². The largest absolute Gasteiger partial charge is 0.504 e. The molecule has 0 aliphatic carbocycles. The number of aromatic amines is 1. The molecule has 0 fully saturated rings. The molecule has 1 amide bonds. The molecule has 0 bridgehead atoms. The van der Waals surface area contributed by atoms with Crippen LogP contribution in [0.5, 0.6) is 11.5 Å². The Morgan fingerprint density at radius 2 is 1.96 bits per heavy atom. The van der Waals surface area contributed by atoms with Crippen molar-refractivity contribution in [1.29, 1.82) is 0 Å². The van der Waals surface area contributed by atoms with E-state index in [0.717, 1.165) is 27.9 Å². The molecule has 1 aliphatic heterocycles. The van der Waals surface area contributed by atoms with Gasteiger partial charge in [0.15, 0.2) is 11.5 Å². The van der Waals surface area contributed by atoms with Crippen molar-refractivity contribution in [2.45, 2.75) is 19.9 Å². The molecule has 4 rings (SSSR count). The molecular weight excluding hydrogens is 342 g/mol. The monoisotopic (exact) mass is 363 g/mol. The van der Waals surface area contributed by atoms with Crippen molar-refractivity contribution in [3.8, 4) is 22.8 Å². The predicted octanol–water partition coefficient (Wildman–Crippen LogP) is 3.66. The Hall–Kier alpha value is -3.28. The summed E-state index contributed by atoms with van der Waals surface area (Å²) in [6.45, 7) is 4.34. The zero-order valence-electron chi connectivity index (χ0n) is 15.5. The smallest absolute Gasteiger partial charge is 0.272 e. The molecule has 0 radical (unpaired) electrons. The highest BCUT2D eigenvalue weighted by Crippen LogP contribution is 2.43. The molecule has 27 heavy (non-hydrogen) atoms. The number of phenolic OH excluding ortho intramolecular Hbond substituents is 1. The highest BCUT2D eigenvalue weighted by atomic mass is 16.5. The van der Waals surface area contributed by atoms with E-state index in [0.29, 0.717) is 18.1 Å². The van der Waals surface area contributed by atoms with Crippen LogP contribution in [0.4, 0.5) is 0 Å². The van der Waals surface area contributed by atoms with Gasteiger partial charge in [-0.25, -0.2) is 0 Å². The summed E-state index contributed by atoms with van der Waals surface area (Å²) < 4.78 is 5.52. The highest BCUT2D eigenvalue weighted by Gasteiger charge is 2.40.